The van der Waals surface area contributed by atoms with E-state index in [0.717, 1.165) is 34.8 Å². The summed E-state index contributed by atoms with van der Waals surface area (Å²) in [5.41, 5.74) is 7.97. The number of hydrogen-bond acceptors (Lipinski definition) is 5. The van der Waals surface area contributed by atoms with Gasteiger partial charge in [0.25, 0.3) is 0 Å². The zero-order valence-corrected chi connectivity index (χ0v) is 16.1. The fourth-order valence-corrected chi connectivity index (χ4v) is 3.09. The van der Waals surface area contributed by atoms with Gasteiger partial charge in [0.2, 0.25) is 5.91 Å². The van der Waals surface area contributed by atoms with Crippen molar-refractivity contribution in [1.82, 2.24) is 5.32 Å². The summed E-state index contributed by atoms with van der Waals surface area (Å²) >= 11 is 1.69. The van der Waals surface area contributed by atoms with Crippen LogP contribution in [0, 0.1) is 0 Å². The first-order chi connectivity index (χ1) is 11.0. The van der Waals surface area contributed by atoms with Crippen LogP contribution in [0.3, 0.4) is 0 Å². The molecule has 24 heavy (non-hydrogen) atoms. The lowest BCUT2D eigenvalue weighted by Gasteiger charge is -2.15. The van der Waals surface area contributed by atoms with E-state index in [2.05, 4.69) is 5.32 Å². The van der Waals surface area contributed by atoms with Crippen LogP contribution >= 0.6 is 24.2 Å². The lowest BCUT2D eigenvalue weighted by Crippen LogP contribution is -2.40. The van der Waals surface area contributed by atoms with Crippen molar-refractivity contribution in [3.63, 3.8) is 0 Å². The molecule has 1 aliphatic heterocycles. The normalized spacial score (nSPS) is 16.6. The zero-order chi connectivity index (χ0) is 16.8. The van der Waals surface area contributed by atoms with Crippen molar-refractivity contribution in [2.45, 2.75) is 45.4 Å². The number of carbonyl (C=O) groups is 1. The highest BCUT2D eigenvalue weighted by molar-refractivity contribution is 7.98. The smallest absolute Gasteiger partial charge is 0.237 e. The molecule has 0 spiro atoms. The molecule has 2 atom stereocenters. The molecule has 7 heteroatoms. The Morgan fingerprint density at radius 3 is 2.96 bits per heavy atom. The van der Waals surface area contributed by atoms with Crippen LogP contribution in [0.25, 0.3) is 0 Å². The molecule has 0 aromatic heterocycles. The van der Waals surface area contributed by atoms with E-state index in [9.17, 15) is 4.79 Å². The van der Waals surface area contributed by atoms with E-state index in [1.54, 1.807) is 11.8 Å². The summed E-state index contributed by atoms with van der Waals surface area (Å²) in [5, 5.41) is 2.90. The lowest BCUT2D eigenvalue weighted by atomic mass is 10.1. The highest BCUT2D eigenvalue weighted by Crippen LogP contribution is 2.35. The Kier molecular flexibility index (Phi) is 8.73. The van der Waals surface area contributed by atoms with Gasteiger partial charge in [0.05, 0.1) is 12.6 Å². The van der Waals surface area contributed by atoms with Gasteiger partial charge in [-0.1, -0.05) is 0 Å². The summed E-state index contributed by atoms with van der Waals surface area (Å²) in [5.74, 6) is 2.44. The number of nitrogens with two attached hydrogens (primary N) is 1. The zero-order valence-electron chi connectivity index (χ0n) is 14.5. The minimum absolute atomic E-state index is 0. The number of nitrogens with one attached hydrogen (secondary N) is 1. The molecule has 0 fully saturated rings. The predicted octanol–water partition coefficient (Wildman–Crippen LogP) is 2.53. The van der Waals surface area contributed by atoms with Crippen molar-refractivity contribution in [3.05, 3.63) is 23.3 Å². The Morgan fingerprint density at radius 2 is 2.29 bits per heavy atom. The molecule has 136 valence electrons. The van der Waals surface area contributed by atoms with Gasteiger partial charge in [-0.3, -0.25) is 4.79 Å². The standard InChI is InChI=1S/C17H26N2O3S.ClH/c1-4-21-15-8-12-7-11(2)22-16(12)9-13(15)10-19-17(20)14(18)5-6-23-3;/h8-9,11,14H,4-7,10,18H2,1-3H3,(H,19,20);1H/t11?,14-;/m0./s1. The van der Waals surface area contributed by atoms with Gasteiger partial charge in [0.1, 0.15) is 17.6 Å². The second-order valence-corrected chi connectivity index (χ2v) is 6.72. The molecule has 1 heterocycles. The van der Waals surface area contributed by atoms with E-state index < -0.39 is 6.04 Å². The third-order valence-electron chi connectivity index (χ3n) is 3.80. The summed E-state index contributed by atoms with van der Waals surface area (Å²) in [6.07, 6.45) is 3.76. The van der Waals surface area contributed by atoms with Crippen molar-refractivity contribution < 1.29 is 14.3 Å². The van der Waals surface area contributed by atoms with Gasteiger partial charge in [-0.15, -0.1) is 12.4 Å². The summed E-state index contributed by atoms with van der Waals surface area (Å²) < 4.78 is 11.5. The van der Waals surface area contributed by atoms with Crippen LogP contribution < -0.4 is 20.5 Å². The Hall–Kier alpha value is -1.11. The average molecular weight is 375 g/mol. The van der Waals surface area contributed by atoms with Crippen molar-refractivity contribution in [3.8, 4) is 11.5 Å². The third kappa shape index (κ3) is 5.46. The van der Waals surface area contributed by atoms with Gasteiger partial charge in [0.15, 0.2) is 0 Å². The van der Waals surface area contributed by atoms with Crippen molar-refractivity contribution in [2.24, 2.45) is 5.73 Å². The van der Waals surface area contributed by atoms with Crippen molar-refractivity contribution in [1.29, 1.82) is 0 Å². The second-order valence-electron chi connectivity index (χ2n) is 5.74. The molecule has 1 aromatic carbocycles. The van der Waals surface area contributed by atoms with E-state index in [4.69, 9.17) is 15.2 Å². The number of benzene rings is 1. The summed E-state index contributed by atoms with van der Waals surface area (Å²) in [6, 6.07) is 3.53. The quantitative estimate of drug-likeness (QED) is 0.731. The maximum Gasteiger partial charge on any atom is 0.237 e. The van der Waals surface area contributed by atoms with Crippen LogP contribution in [0.1, 0.15) is 31.4 Å². The van der Waals surface area contributed by atoms with Crippen LogP contribution in [0.2, 0.25) is 0 Å². The first-order valence-electron chi connectivity index (χ1n) is 8.02. The van der Waals surface area contributed by atoms with E-state index in [0.29, 0.717) is 19.6 Å². The van der Waals surface area contributed by atoms with E-state index >= 15 is 0 Å². The fraction of sp³-hybridized carbons (Fsp3) is 0.588. The number of thioether (sulfide) groups is 1. The number of ether oxygens (including phenoxy) is 2. The molecule has 0 bridgehead atoms. The van der Waals surface area contributed by atoms with Crippen LogP contribution in [0.4, 0.5) is 0 Å². The second kappa shape index (κ2) is 10.0. The average Bonchev–Trinajstić information content (AvgIpc) is 2.89. The molecule has 5 nitrogen and oxygen atoms in total. The molecule has 1 amide bonds. The SMILES string of the molecule is CCOc1cc2c(cc1CNC(=O)[C@@H](N)CCSC)OC(C)C2.Cl. The Bertz CT molecular complexity index is 557. The molecule has 1 unspecified atom stereocenters. The van der Waals surface area contributed by atoms with E-state index in [1.165, 1.54) is 0 Å². The Morgan fingerprint density at radius 1 is 1.54 bits per heavy atom. The largest absolute Gasteiger partial charge is 0.494 e. The third-order valence-corrected chi connectivity index (χ3v) is 4.45. The maximum atomic E-state index is 12.1. The molecule has 3 N–H and O–H groups in total. The minimum atomic E-state index is -0.469. The van der Waals surface area contributed by atoms with Gasteiger partial charge < -0.3 is 20.5 Å². The number of amides is 1. The molecular weight excluding hydrogens is 348 g/mol. The van der Waals surface area contributed by atoms with Crippen LogP contribution in [0.15, 0.2) is 12.1 Å². The number of rotatable bonds is 8. The number of carbonyl (C=O) groups excluding carboxylic acids is 1. The molecule has 0 saturated heterocycles. The van der Waals surface area contributed by atoms with Gasteiger partial charge in [-0.05, 0) is 44.4 Å². The van der Waals surface area contributed by atoms with Gasteiger partial charge >= 0.3 is 0 Å². The number of halogens is 1. The number of hydrogen-bond donors (Lipinski definition) is 2. The maximum absolute atomic E-state index is 12.1. The first kappa shape index (κ1) is 20.9. The molecule has 1 aromatic rings. The monoisotopic (exact) mass is 374 g/mol. The van der Waals surface area contributed by atoms with E-state index in [1.807, 2.05) is 32.2 Å². The minimum Gasteiger partial charge on any atom is -0.494 e. The molecule has 0 radical (unpaired) electrons. The molecule has 0 saturated carbocycles. The van der Waals surface area contributed by atoms with Crippen LogP contribution in [-0.4, -0.2) is 36.7 Å². The summed E-state index contributed by atoms with van der Waals surface area (Å²) in [4.78, 5) is 12.1. The topological polar surface area (TPSA) is 73.6 Å². The van der Waals surface area contributed by atoms with Crippen LogP contribution in [-0.2, 0) is 17.8 Å². The number of fused-ring (bicyclic) bond motifs is 1. The van der Waals surface area contributed by atoms with Gasteiger partial charge in [0, 0.05) is 24.1 Å². The summed E-state index contributed by atoms with van der Waals surface area (Å²) in [6.45, 7) is 4.98. The molecule has 0 aliphatic carbocycles. The van der Waals surface area contributed by atoms with Crippen LogP contribution in [0.5, 0.6) is 11.5 Å². The van der Waals surface area contributed by atoms with Crippen molar-refractivity contribution in [2.75, 3.05) is 18.6 Å². The van der Waals surface area contributed by atoms with E-state index in [-0.39, 0.29) is 24.4 Å². The predicted molar refractivity (Wildman–Crippen MR) is 101 cm³/mol. The highest BCUT2D eigenvalue weighted by Gasteiger charge is 2.22. The first-order valence-corrected chi connectivity index (χ1v) is 9.42. The van der Waals surface area contributed by atoms with Gasteiger partial charge in [-0.2, -0.15) is 11.8 Å². The Balaban J connectivity index is 0.00000288. The summed E-state index contributed by atoms with van der Waals surface area (Å²) in [7, 11) is 0. The molecular formula is C17H27ClN2O3S. The lowest BCUT2D eigenvalue weighted by molar-refractivity contribution is -0.122. The molecule has 1 aliphatic rings. The fourth-order valence-electron chi connectivity index (χ4n) is 2.60. The molecule has 2 rings (SSSR count). The highest BCUT2D eigenvalue weighted by atomic mass is 35.5. The van der Waals surface area contributed by atoms with Gasteiger partial charge in [-0.25, -0.2) is 0 Å². The van der Waals surface area contributed by atoms with Crippen molar-refractivity contribution >= 4 is 30.1 Å². The Labute approximate surface area is 154 Å².